The second kappa shape index (κ2) is 12.5. The van der Waals surface area contributed by atoms with Crippen molar-refractivity contribution in [1.29, 1.82) is 0 Å². The van der Waals surface area contributed by atoms with E-state index >= 15 is 0 Å². The molecule has 35 heavy (non-hydrogen) atoms. The van der Waals surface area contributed by atoms with E-state index in [-0.39, 0.29) is 25.6 Å². The number of nitrogens with one attached hydrogen (secondary N) is 1. The quantitative estimate of drug-likeness (QED) is 0.494. The number of esters is 1. The molecule has 1 saturated heterocycles. The van der Waals surface area contributed by atoms with Gasteiger partial charge in [0.25, 0.3) is 0 Å². The number of ether oxygens (including phenoxy) is 3. The highest BCUT2D eigenvalue weighted by Crippen LogP contribution is 2.26. The van der Waals surface area contributed by atoms with Gasteiger partial charge in [-0.25, -0.2) is 0 Å². The highest BCUT2D eigenvalue weighted by atomic mass is 16.6. The van der Waals surface area contributed by atoms with E-state index in [1.165, 1.54) is 6.92 Å². The number of β-amino-alcohol motifs (C(OH)–C–C–N with tert-alkyl or cyclic N) is 1. The maximum absolute atomic E-state index is 12.7. The first kappa shape index (κ1) is 26.5. The average Bonchev–Trinajstić information content (AvgIpc) is 2.81. The third-order valence-electron chi connectivity index (χ3n) is 5.89. The molecule has 1 aliphatic heterocycles. The molecule has 0 aromatic heterocycles. The van der Waals surface area contributed by atoms with E-state index in [9.17, 15) is 14.7 Å². The van der Waals surface area contributed by atoms with Crippen LogP contribution in [0.1, 0.15) is 18.1 Å². The summed E-state index contributed by atoms with van der Waals surface area (Å²) in [6, 6.07) is 13.1. The van der Waals surface area contributed by atoms with Crippen LogP contribution < -0.4 is 14.8 Å². The minimum absolute atomic E-state index is 0.0611. The van der Waals surface area contributed by atoms with E-state index < -0.39 is 18.3 Å². The number of hydrogen-bond donors (Lipinski definition) is 2. The summed E-state index contributed by atoms with van der Waals surface area (Å²) in [5.41, 5.74) is 2.83. The number of carbonyl (C=O) groups excluding carboxylic acids is 2. The number of methoxy groups -OCH3 is 1. The van der Waals surface area contributed by atoms with Crippen molar-refractivity contribution in [3.63, 3.8) is 0 Å². The molecular formula is C26H35N3O6. The molecular weight excluding hydrogens is 450 g/mol. The van der Waals surface area contributed by atoms with Crippen LogP contribution in [-0.2, 0) is 14.3 Å². The Labute approximate surface area is 206 Å². The second-order valence-corrected chi connectivity index (χ2v) is 8.72. The predicted molar refractivity (Wildman–Crippen MR) is 133 cm³/mol. The van der Waals surface area contributed by atoms with Crippen LogP contribution in [0.4, 0.5) is 5.69 Å². The van der Waals surface area contributed by atoms with Gasteiger partial charge in [0.1, 0.15) is 12.7 Å². The average molecular weight is 486 g/mol. The molecule has 0 bridgehead atoms. The predicted octanol–water partition coefficient (Wildman–Crippen LogP) is 2.20. The van der Waals surface area contributed by atoms with E-state index in [4.69, 9.17) is 14.2 Å². The standard InChI is InChI=1S/C26H35N3O6/c1-18-8-7-9-19(2)26(18)27-24(32)15-28-12-13-29(25(16-28)35-20(3)30)14-21(31)17-34-23-11-6-5-10-22(23)33-4/h5-11,21,25,31H,12-17H2,1-4H3,(H,27,32). The van der Waals surface area contributed by atoms with Crippen LogP contribution in [0, 0.1) is 13.8 Å². The van der Waals surface area contributed by atoms with Gasteiger partial charge in [0.2, 0.25) is 5.91 Å². The minimum Gasteiger partial charge on any atom is -0.493 e. The lowest BCUT2D eigenvalue weighted by molar-refractivity contribution is -0.165. The number of piperazine rings is 1. The summed E-state index contributed by atoms with van der Waals surface area (Å²) in [4.78, 5) is 28.3. The summed E-state index contributed by atoms with van der Waals surface area (Å²) >= 11 is 0. The molecule has 190 valence electrons. The molecule has 1 heterocycles. The fraction of sp³-hybridized carbons (Fsp3) is 0.462. The van der Waals surface area contributed by atoms with Gasteiger partial charge < -0.3 is 24.6 Å². The number of para-hydroxylation sites is 3. The van der Waals surface area contributed by atoms with Crippen molar-refractivity contribution in [2.75, 3.05) is 51.8 Å². The molecule has 2 N–H and O–H groups in total. The van der Waals surface area contributed by atoms with Crippen molar-refractivity contribution in [2.45, 2.75) is 33.1 Å². The monoisotopic (exact) mass is 485 g/mol. The number of benzene rings is 2. The van der Waals surface area contributed by atoms with E-state index in [1.54, 1.807) is 19.2 Å². The van der Waals surface area contributed by atoms with Gasteiger partial charge in [-0.15, -0.1) is 0 Å². The molecule has 1 aliphatic rings. The molecule has 1 amide bonds. The lowest BCUT2D eigenvalue weighted by Gasteiger charge is -2.40. The zero-order valence-corrected chi connectivity index (χ0v) is 20.8. The van der Waals surface area contributed by atoms with Crippen LogP contribution in [0.2, 0.25) is 0 Å². The Morgan fingerprint density at radius 2 is 1.77 bits per heavy atom. The molecule has 3 rings (SSSR count). The molecule has 0 aliphatic carbocycles. The zero-order valence-electron chi connectivity index (χ0n) is 20.8. The summed E-state index contributed by atoms with van der Waals surface area (Å²) in [5, 5.41) is 13.6. The summed E-state index contributed by atoms with van der Waals surface area (Å²) in [5.74, 6) is 0.597. The number of carbonyl (C=O) groups is 2. The van der Waals surface area contributed by atoms with Crippen LogP contribution >= 0.6 is 0 Å². The molecule has 2 atom stereocenters. The van der Waals surface area contributed by atoms with Gasteiger partial charge in [0.05, 0.1) is 20.2 Å². The highest BCUT2D eigenvalue weighted by molar-refractivity contribution is 5.93. The maximum atomic E-state index is 12.7. The van der Waals surface area contributed by atoms with Gasteiger partial charge >= 0.3 is 5.97 Å². The number of amides is 1. The van der Waals surface area contributed by atoms with Crippen LogP contribution in [-0.4, -0.2) is 85.6 Å². The van der Waals surface area contributed by atoms with Gasteiger partial charge in [-0.3, -0.25) is 19.4 Å². The highest BCUT2D eigenvalue weighted by Gasteiger charge is 2.31. The van der Waals surface area contributed by atoms with Crippen molar-refractivity contribution < 1.29 is 28.9 Å². The molecule has 0 saturated carbocycles. The van der Waals surface area contributed by atoms with E-state index in [0.717, 1.165) is 16.8 Å². The number of hydrogen-bond acceptors (Lipinski definition) is 8. The third kappa shape index (κ3) is 7.68. The molecule has 2 unspecified atom stereocenters. The molecule has 0 radical (unpaired) electrons. The van der Waals surface area contributed by atoms with Crippen molar-refractivity contribution in [2.24, 2.45) is 0 Å². The Balaban J connectivity index is 1.55. The first-order valence-electron chi connectivity index (χ1n) is 11.7. The van der Waals surface area contributed by atoms with Crippen LogP contribution in [0.5, 0.6) is 11.5 Å². The number of rotatable bonds is 10. The molecule has 1 fully saturated rings. The number of aliphatic hydroxyl groups is 1. The zero-order chi connectivity index (χ0) is 25.4. The van der Waals surface area contributed by atoms with Crippen molar-refractivity contribution in [1.82, 2.24) is 9.80 Å². The van der Waals surface area contributed by atoms with Crippen LogP contribution in [0.3, 0.4) is 0 Å². The lowest BCUT2D eigenvalue weighted by Crippen LogP contribution is -2.57. The second-order valence-electron chi connectivity index (χ2n) is 8.72. The fourth-order valence-electron chi connectivity index (χ4n) is 4.14. The Morgan fingerprint density at radius 3 is 2.43 bits per heavy atom. The smallest absolute Gasteiger partial charge is 0.304 e. The van der Waals surface area contributed by atoms with Crippen molar-refractivity contribution >= 4 is 17.6 Å². The van der Waals surface area contributed by atoms with Gasteiger partial charge in [-0.1, -0.05) is 30.3 Å². The summed E-state index contributed by atoms with van der Waals surface area (Å²) in [6.45, 7) is 7.26. The first-order chi connectivity index (χ1) is 16.8. The number of anilines is 1. The van der Waals surface area contributed by atoms with Crippen LogP contribution in [0.15, 0.2) is 42.5 Å². The Morgan fingerprint density at radius 1 is 1.09 bits per heavy atom. The van der Waals surface area contributed by atoms with E-state index in [1.807, 2.05) is 54.0 Å². The summed E-state index contributed by atoms with van der Waals surface area (Å²) in [7, 11) is 1.56. The minimum atomic E-state index is -0.808. The first-order valence-corrected chi connectivity index (χ1v) is 11.7. The topological polar surface area (TPSA) is 101 Å². The van der Waals surface area contributed by atoms with Gasteiger partial charge in [-0.05, 0) is 37.1 Å². The Kier molecular flexibility index (Phi) is 9.47. The van der Waals surface area contributed by atoms with Gasteiger partial charge in [0.15, 0.2) is 17.7 Å². The SMILES string of the molecule is COc1ccccc1OCC(O)CN1CCN(CC(=O)Nc2c(C)cccc2C)CC1OC(C)=O. The summed E-state index contributed by atoms with van der Waals surface area (Å²) in [6.07, 6.45) is -1.38. The molecule has 2 aromatic carbocycles. The van der Waals surface area contributed by atoms with Gasteiger partial charge in [0, 0.05) is 32.2 Å². The van der Waals surface area contributed by atoms with Crippen LogP contribution in [0.25, 0.3) is 0 Å². The largest absolute Gasteiger partial charge is 0.493 e. The van der Waals surface area contributed by atoms with Crippen molar-refractivity contribution in [3.05, 3.63) is 53.6 Å². The Bertz CT molecular complexity index is 994. The van der Waals surface area contributed by atoms with Crippen molar-refractivity contribution in [3.8, 4) is 11.5 Å². The third-order valence-corrected chi connectivity index (χ3v) is 5.89. The molecule has 9 nitrogen and oxygen atoms in total. The van der Waals surface area contributed by atoms with Gasteiger partial charge in [-0.2, -0.15) is 0 Å². The number of nitrogens with zero attached hydrogens (tertiary/aromatic N) is 2. The molecule has 2 aromatic rings. The normalized spacial score (nSPS) is 17.5. The maximum Gasteiger partial charge on any atom is 0.304 e. The lowest BCUT2D eigenvalue weighted by atomic mass is 10.1. The van der Waals surface area contributed by atoms with E-state index in [0.29, 0.717) is 31.1 Å². The molecule has 0 spiro atoms. The number of aryl methyl sites for hydroxylation is 2. The summed E-state index contributed by atoms with van der Waals surface area (Å²) < 4.78 is 16.5. The number of aliphatic hydroxyl groups excluding tert-OH is 1. The Hall–Kier alpha value is -3.14. The molecule has 9 heteroatoms. The van der Waals surface area contributed by atoms with E-state index in [2.05, 4.69) is 5.32 Å². The fourth-order valence-corrected chi connectivity index (χ4v) is 4.14.